The van der Waals surface area contributed by atoms with Crippen LogP contribution in [0.4, 0.5) is 0 Å². The molecule has 1 amide bonds. The fraction of sp³-hybridized carbons (Fsp3) is 0.938. The van der Waals surface area contributed by atoms with Gasteiger partial charge in [-0.05, 0) is 13.8 Å². The minimum Gasteiger partial charge on any atom is -0.353 e. The number of nitrogens with two attached hydrogens (primary N) is 1. The summed E-state index contributed by atoms with van der Waals surface area (Å²) in [5.41, 5.74) is 5.02. The van der Waals surface area contributed by atoms with E-state index in [-0.39, 0.29) is 11.3 Å². The van der Waals surface area contributed by atoms with E-state index < -0.39 is 11.9 Å². The van der Waals surface area contributed by atoms with E-state index in [1.54, 1.807) is 0 Å². The summed E-state index contributed by atoms with van der Waals surface area (Å²) in [6.45, 7) is 17.2. The molecule has 1 saturated heterocycles. The summed E-state index contributed by atoms with van der Waals surface area (Å²) in [4.78, 5) is 11.9. The fourth-order valence-electron chi connectivity index (χ4n) is 1.61. The molecule has 1 aliphatic heterocycles. The lowest BCUT2D eigenvalue weighted by molar-refractivity contribution is -0.304. The summed E-state index contributed by atoms with van der Waals surface area (Å²) < 4.78 is 11.2. The summed E-state index contributed by atoms with van der Waals surface area (Å²) in [6, 6.07) is 0. The van der Waals surface area contributed by atoms with Crippen LogP contribution >= 0.6 is 0 Å². The minimum absolute atomic E-state index is 0.119. The number of hydrogen-bond acceptors (Lipinski definition) is 4. The Kier molecular flexibility index (Phi) is 11.8. The number of nitrogens with one attached hydrogen (secondary N) is 1. The van der Waals surface area contributed by atoms with Crippen molar-refractivity contribution in [2.75, 3.05) is 19.7 Å². The van der Waals surface area contributed by atoms with Gasteiger partial charge in [0.05, 0.1) is 6.61 Å². The normalized spacial score (nSPS) is 22.0. The van der Waals surface area contributed by atoms with Crippen molar-refractivity contribution in [3.8, 4) is 0 Å². The molecule has 1 rings (SSSR count). The summed E-state index contributed by atoms with van der Waals surface area (Å²) in [6.07, 6.45) is 0.753. The van der Waals surface area contributed by atoms with Gasteiger partial charge >= 0.3 is 0 Å². The van der Waals surface area contributed by atoms with Gasteiger partial charge in [-0.15, -0.1) is 0 Å². The molecule has 1 fully saturated rings. The van der Waals surface area contributed by atoms with Gasteiger partial charge in [0.2, 0.25) is 5.91 Å². The fourth-order valence-corrected chi connectivity index (χ4v) is 1.61. The minimum atomic E-state index is -0.708. The molecule has 1 atom stereocenters. The Morgan fingerprint density at radius 2 is 1.71 bits per heavy atom. The highest BCUT2D eigenvalue weighted by Crippen LogP contribution is 2.34. The molecule has 21 heavy (non-hydrogen) atoms. The predicted molar refractivity (Wildman–Crippen MR) is 88.1 cm³/mol. The Morgan fingerprint density at radius 1 is 1.24 bits per heavy atom. The molecule has 0 aromatic carbocycles. The zero-order valence-electron chi connectivity index (χ0n) is 15.2. The Balaban J connectivity index is 0. The lowest BCUT2D eigenvalue weighted by atomic mass is 9.85. The Morgan fingerprint density at radius 3 is 2.14 bits per heavy atom. The van der Waals surface area contributed by atoms with E-state index in [4.69, 9.17) is 15.2 Å². The SMILES string of the molecule is CC.CC1(C)OCC(C)(C)C(C(=O)NCCN)O1.CCC. The zero-order chi connectivity index (χ0) is 17.1. The van der Waals surface area contributed by atoms with Crippen molar-refractivity contribution < 1.29 is 14.3 Å². The maximum absolute atomic E-state index is 11.9. The molecule has 128 valence electrons. The average Bonchev–Trinajstić information content (AvgIpc) is 2.42. The Bertz CT molecular complexity index is 279. The van der Waals surface area contributed by atoms with Crippen LogP contribution in [0.2, 0.25) is 0 Å². The molecule has 5 nitrogen and oxygen atoms in total. The predicted octanol–water partition coefficient (Wildman–Crippen LogP) is 2.68. The molecule has 1 heterocycles. The van der Waals surface area contributed by atoms with Gasteiger partial charge in [0.15, 0.2) is 5.79 Å². The molecule has 3 N–H and O–H groups in total. The standard InChI is InChI=1S/C11H22N2O3.C3H8.C2H6/c1-10(2)7-15-11(3,4)16-8(10)9(14)13-6-5-12;1-3-2;1-2/h8H,5-7,12H2,1-4H3,(H,13,14);3H2,1-2H3;1-2H3. The van der Waals surface area contributed by atoms with Crippen LogP contribution in [0.3, 0.4) is 0 Å². The van der Waals surface area contributed by atoms with E-state index in [0.29, 0.717) is 19.7 Å². The molecule has 0 bridgehead atoms. The average molecular weight is 304 g/mol. The van der Waals surface area contributed by atoms with Crippen molar-refractivity contribution >= 4 is 5.91 Å². The first-order valence-corrected chi connectivity index (χ1v) is 7.99. The zero-order valence-corrected chi connectivity index (χ0v) is 15.2. The van der Waals surface area contributed by atoms with Crippen LogP contribution in [0, 0.1) is 5.41 Å². The summed E-state index contributed by atoms with van der Waals surface area (Å²) in [5, 5.41) is 2.75. The molecule has 0 aromatic rings. The van der Waals surface area contributed by atoms with Gasteiger partial charge in [-0.2, -0.15) is 0 Å². The van der Waals surface area contributed by atoms with E-state index in [1.807, 2.05) is 41.5 Å². The van der Waals surface area contributed by atoms with Crippen LogP contribution in [0.25, 0.3) is 0 Å². The molecule has 0 radical (unpaired) electrons. The number of hydrogen-bond donors (Lipinski definition) is 2. The lowest BCUT2D eigenvalue weighted by Gasteiger charge is -2.44. The first-order valence-electron chi connectivity index (χ1n) is 7.99. The summed E-state index contributed by atoms with van der Waals surface area (Å²) in [5.74, 6) is -0.827. The van der Waals surface area contributed by atoms with Gasteiger partial charge in [0, 0.05) is 18.5 Å². The van der Waals surface area contributed by atoms with Crippen molar-refractivity contribution in [1.29, 1.82) is 0 Å². The number of ether oxygens (including phenoxy) is 2. The first-order chi connectivity index (χ1) is 9.70. The Hall–Kier alpha value is -0.650. The maximum atomic E-state index is 11.9. The number of carbonyl (C=O) groups excluding carboxylic acids is 1. The lowest BCUT2D eigenvalue weighted by Crippen LogP contribution is -2.56. The maximum Gasteiger partial charge on any atom is 0.249 e. The molecule has 0 spiro atoms. The largest absolute Gasteiger partial charge is 0.353 e. The molecule has 1 aliphatic rings. The molecular weight excluding hydrogens is 268 g/mol. The highest BCUT2D eigenvalue weighted by molar-refractivity contribution is 5.81. The smallest absolute Gasteiger partial charge is 0.249 e. The van der Waals surface area contributed by atoms with Crippen LogP contribution in [0.15, 0.2) is 0 Å². The number of carbonyl (C=O) groups is 1. The second-order valence-electron chi connectivity index (χ2n) is 5.96. The van der Waals surface area contributed by atoms with E-state index in [1.165, 1.54) is 6.42 Å². The van der Waals surface area contributed by atoms with Crippen LogP contribution in [0.5, 0.6) is 0 Å². The third kappa shape index (κ3) is 9.06. The van der Waals surface area contributed by atoms with Crippen LogP contribution in [0.1, 0.15) is 61.8 Å². The van der Waals surface area contributed by atoms with Gasteiger partial charge in [-0.1, -0.05) is 48.0 Å². The molecular formula is C16H36N2O3. The van der Waals surface area contributed by atoms with Crippen molar-refractivity contribution in [2.24, 2.45) is 11.1 Å². The third-order valence-corrected chi connectivity index (χ3v) is 2.58. The molecule has 0 aromatic heterocycles. The first kappa shape index (κ1) is 22.6. The van der Waals surface area contributed by atoms with Gasteiger partial charge in [0.1, 0.15) is 6.10 Å². The van der Waals surface area contributed by atoms with Crippen LogP contribution < -0.4 is 11.1 Å². The van der Waals surface area contributed by atoms with E-state index in [9.17, 15) is 4.79 Å². The Labute approximate surface area is 130 Å². The number of amides is 1. The van der Waals surface area contributed by atoms with Crippen molar-refractivity contribution in [1.82, 2.24) is 5.32 Å². The van der Waals surface area contributed by atoms with Crippen molar-refractivity contribution in [3.63, 3.8) is 0 Å². The van der Waals surface area contributed by atoms with Crippen LogP contribution in [-0.4, -0.2) is 37.5 Å². The highest BCUT2D eigenvalue weighted by Gasteiger charge is 2.45. The molecule has 0 aliphatic carbocycles. The second-order valence-corrected chi connectivity index (χ2v) is 5.96. The monoisotopic (exact) mass is 304 g/mol. The summed E-state index contributed by atoms with van der Waals surface area (Å²) >= 11 is 0. The van der Waals surface area contributed by atoms with Crippen molar-refractivity contribution in [2.45, 2.75) is 73.7 Å². The second kappa shape index (κ2) is 11.0. The molecule has 1 unspecified atom stereocenters. The van der Waals surface area contributed by atoms with Gasteiger partial charge < -0.3 is 20.5 Å². The van der Waals surface area contributed by atoms with Gasteiger partial charge in [0.25, 0.3) is 0 Å². The molecule has 5 heteroatoms. The van der Waals surface area contributed by atoms with E-state index in [2.05, 4.69) is 19.2 Å². The number of rotatable bonds is 3. The third-order valence-electron chi connectivity index (χ3n) is 2.58. The van der Waals surface area contributed by atoms with Gasteiger partial charge in [-0.3, -0.25) is 4.79 Å². The summed E-state index contributed by atoms with van der Waals surface area (Å²) in [7, 11) is 0. The van der Waals surface area contributed by atoms with E-state index >= 15 is 0 Å². The highest BCUT2D eigenvalue weighted by atomic mass is 16.7. The van der Waals surface area contributed by atoms with E-state index in [0.717, 1.165) is 0 Å². The topological polar surface area (TPSA) is 73.6 Å². The van der Waals surface area contributed by atoms with Crippen LogP contribution in [-0.2, 0) is 14.3 Å². The van der Waals surface area contributed by atoms with Gasteiger partial charge in [-0.25, -0.2) is 0 Å². The van der Waals surface area contributed by atoms with Crippen molar-refractivity contribution in [3.05, 3.63) is 0 Å². The molecule has 0 saturated carbocycles. The quantitative estimate of drug-likeness (QED) is 0.840.